The fourth-order valence-electron chi connectivity index (χ4n) is 3.34. The molecular weight excluding hydrogens is 362 g/mol. The van der Waals surface area contributed by atoms with Gasteiger partial charge in [-0.15, -0.1) is 12.4 Å². The van der Waals surface area contributed by atoms with E-state index in [0.29, 0.717) is 19.5 Å². The van der Waals surface area contributed by atoms with Crippen molar-refractivity contribution in [3.8, 4) is 0 Å². The molecule has 1 aliphatic rings. The molecular formula is C21H26ClN3O2. The second kappa shape index (κ2) is 9.97. The maximum Gasteiger partial charge on any atom is 0.242 e. The van der Waals surface area contributed by atoms with Crippen LogP contribution >= 0.6 is 12.4 Å². The van der Waals surface area contributed by atoms with Crippen molar-refractivity contribution in [3.05, 3.63) is 65.7 Å². The number of carbonyl (C=O) groups is 2. The van der Waals surface area contributed by atoms with Crippen molar-refractivity contribution in [2.24, 2.45) is 0 Å². The average Bonchev–Trinajstić information content (AvgIpc) is 3.14. The van der Waals surface area contributed by atoms with Crippen molar-refractivity contribution >= 4 is 29.9 Å². The number of likely N-dealkylation sites (tertiary alicyclic amines) is 1. The van der Waals surface area contributed by atoms with Crippen molar-refractivity contribution in [3.63, 3.8) is 0 Å². The van der Waals surface area contributed by atoms with Gasteiger partial charge in [-0.05, 0) is 42.5 Å². The zero-order valence-corrected chi connectivity index (χ0v) is 16.1. The van der Waals surface area contributed by atoms with Crippen LogP contribution in [0.25, 0.3) is 0 Å². The van der Waals surface area contributed by atoms with E-state index in [9.17, 15) is 9.59 Å². The fourth-order valence-corrected chi connectivity index (χ4v) is 3.34. The van der Waals surface area contributed by atoms with E-state index in [2.05, 4.69) is 5.32 Å². The third kappa shape index (κ3) is 5.73. The minimum Gasteiger partial charge on any atom is -0.399 e. The Hall–Kier alpha value is -2.53. The molecule has 1 aliphatic heterocycles. The summed E-state index contributed by atoms with van der Waals surface area (Å²) >= 11 is 0. The number of hydrogen-bond acceptors (Lipinski definition) is 3. The lowest BCUT2D eigenvalue weighted by Crippen LogP contribution is -2.46. The van der Waals surface area contributed by atoms with Crippen LogP contribution in [-0.2, 0) is 22.4 Å². The lowest BCUT2D eigenvalue weighted by atomic mass is 10.1. The molecule has 0 aromatic heterocycles. The maximum absolute atomic E-state index is 12.6. The molecule has 144 valence electrons. The average molecular weight is 388 g/mol. The first-order valence-electron chi connectivity index (χ1n) is 9.09. The van der Waals surface area contributed by atoms with Crippen LogP contribution in [0.15, 0.2) is 54.6 Å². The molecule has 1 heterocycles. The second-order valence-electron chi connectivity index (χ2n) is 6.69. The quantitative estimate of drug-likeness (QED) is 0.748. The van der Waals surface area contributed by atoms with Crippen LogP contribution in [0.5, 0.6) is 0 Å². The number of benzene rings is 2. The van der Waals surface area contributed by atoms with E-state index < -0.39 is 0 Å². The van der Waals surface area contributed by atoms with E-state index in [0.717, 1.165) is 36.1 Å². The molecule has 0 radical (unpaired) electrons. The first-order chi connectivity index (χ1) is 12.6. The van der Waals surface area contributed by atoms with Crippen LogP contribution in [-0.4, -0.2) is 35.8 Å². The molecule has 1 unspecified atom stereocenters. The summed E-state index contributed by atoms with van der Waals surface area (Å²) in [6, 6.07) is 17.0. The summed E-state index contributed by atoms with van der Waals surface area (Å²) in [4.78, 5) is 26.9. The molecule has 3 N–H and O–H groups in total. The normalized spacial score (nSPS) is 15.9. The van der Waals surface area contributed by atoms with Crippen molar-refractivity contribution < 1.29 is 9.59 Å². The Bertz CT molecular complexity index is 750. The summed E-state index contributed by atoms with van der Waals surface area (Å²) in [6.07, 6.45) is 2.69. The Balaban J connectivity index is 0.00000261. The number of rotatable bonds is 6. The Kier molecular flexibility index (Phi) is 7.67. The molecule has 1 saturated heterocycles. The van der Waals surface area contributed by atoms with Crippen LogP contribution < -0.4 is 11.1 Å². The molecule has 0 spiro atoms. The van der Waals surface area contributed by atoms with Crippen molar-refractivity contribution in [1.29, 1.82) is 0 Å². The molecule has 0 bridgehead atoms. The summed E-state index contributed by atoms with van der Waals surface area (Å²) < 4.78 is 0. The molecule has 2 amide bonds. The van der Waals surface area contributed by atoms with Gasteiger partial charge in [-0.3, -0.25) is 9.59 Å². The molecule has 5 nitrogen and oxygen atoms in total. The molecule has 27 heavy (non-hydrogen) atoms. The lowest BCUT2D eigenvalue weighted by Gasteiger charge is -2.24. The number of nitrogens with two attached hydrogens (primary N) is 1. The Labute approximate surface area is 166 Å². The molecule has 2 aromatic carbocycles. The fraction of sp³-hybridized carbons (Fsp3) is 0.333. The third-order valence-electron chi connectivity index (χ3n) is 4.77. The Morgan fingerprint density at radius 2 is 1.74 bits per heavy atom. The van der Waals surface area contributed by atoms with Crippen LogP contribution in [0.2, 0.25) is 0 Å². The van der Waals surface area contributed by atoms with E-state index in [4.69, 9.17) is 5.73 Å². The minimum atomic E-state index is -0.349. The number of anilines is 1. The van der Waals surface area contributed by atoms with Crippen LogP contribution in [0, 0.1) is 0 Å². The number of amides is 2. The van der Waals surface area contributed by atoms with Gasteiger partial charge < -0.3 is 16.0 Å². The number of carbonyl (C=O) groups excluding carboxylic acids is 2. The highest BCUT2D eigenvalue weighted by atomic mass is 35.5. The van der Waals surface area contributed by atoms with E-state index in [-0.39, 0.29) is 30.3 Å². The first-order valence-corrected chi connectivity index (χ1v) is 9.09. The summed E-state index contributed by atoms with van der Waals surface area (Å²) in [5.74, 6) is -0.0354. The van der Waals surface area contributed by atoms with Crippen LogP contribution in [0.4, 0.5) is 5.69 Å². The molecule has 2 aromatic rings. The lowest BCUT2D eigenvalue weighted by molar-refractivity contribution is -0.137. The highest BCUT2D eigenvalue weighted by Crippen LogP contribution is 2.19. The van der Waals surface area contributed by atoms with Gasteiger partial charge >= 0.3 is 0 Å². The molecule has 0 aliphatic carbocycles. The highest BCUT2D eigenvalue weighted by molar-refractivity contribution is 5.89. The Morgan fingerprint density at radius 1 is 1.04 bits per heavy atom. The van der Waals surface area contributed by atoms with Crippen molar-refractivity contribution in [1.82, 2.24) is 10.2 Å². The van der Waals surface area contributed by atoms with E-state index in [1.807, 2.05) is 54.6 Å². The van der Waals surface area contributed by atoms with E-state index in [1.165, 1.54) is 0 Å². The summed E-state index contributed by atoms with van der Waals surface area (Å²) in [6.45, 7) is 1.21. The second-order valence-corrected chi connectivity index (χ2v) is 6.69. The van der Waals surface area contributed by atoms with E-state index in [1.54, 1.807) is 4.90 Å². The standard InChI is InChI=1S/C21H25N3O2.ClH/c22-18-10-8-16(9-11-18)12-13-23-21(26)19-7-4-14-24(19)20(25)15-17-5-2-1-3-6-17;/h1-3,5-6,8-11,19H,4,7,12-15,22H2,(H,23,26);1H. The summed E-state index contributed by atoms with van der Waals surface area (Å²) in [7, 11) is 0. The smallest absolute Gasteiger partial charge is 0.242 e. The van der Waals surface area contributed by atoms with Gasteiger partial charge in [0.05, 0.1) is 6.42 Å². The van der Waals surface area contributed by atoms with Gasteiger partial charge in [0, 0.05) is 18.8 Å². The summed E-state index contributed by atoms with van der Waals surface area (Å²) in [5, 5.41) is 2.97. The highest BCUT2D eigenvalue weighted by Gasteiger charge is 2.33. The van der Waals surface area contributed by atoms with Gasteiger partial charge in [0.1, 0.15) is 6.04 Å². The largest absolute Gasteiger partial charge is 0.399 e. The topological polar surface area (TPSA) is 75.4 Å². The minimum absolute atomic E-state index is 0. The first kappa shape index (κ1) is 20.8. The van der Waals surface area contributed by atoms with Gasteiger partial charge in [0.15, 0.2) is 0 Å². The van der Waals surface area contributed by atoms with Crippen LogP contribution in [0.3, 0.4) is 0 Å². The maximum atomic E-state index is 12.6. The number of hydrogen-bond donors (Lipinski definition) is 2. The van der Waals surface area contributed by atoms with E-state index >= 15 is 0 Å². The molecule has 1 atom stereocenters. The van der Waals surface area contributed by atoms with Gasteiger partial charge in [-0.1, -0.05) is 42.5 Å². The van der Waals surface area contributed by atoms with Gasteiger partial charge in [-0.2, -0.15) is 0 Å². The monoisotopic (exact) mass is 387 g/mol. The van der Waals surface area contributed by atoms with Crippen molar-refractivity contribution in [2.75, 3.05) is 18.8 Å². The summed E-state index contributed by atoms with van der Waals surface area (Å²) in [5.41, 5.74) is 8.52. The van der Waals surface area contributed by atoms with Crippen LogP contribution in [0.1, 0.15) is 24.0 Å². The SMILES string of the molecule is Cl.Nc1ccc(CCNC(=O)C2CCCN2C(=O)Cc2ccccc2)cc1. The molecule has 0 saturated carbocycles. The number of nitrogens with zero attached hydrogens (tertiary/aromatic N) is 1. The third-order valence-corrected chi connectivity index (χ3v) is 4.77. The molecule has 3 rings (SSSR count). The molecule has 1 fully saturated rings. The van der Waals surface area contributed by atoms with Gasteiger partial charge in [0.25, 0.3) is 0 Å². The van der Waals surface area contributed by atoms with Gasteiger partial charge in [0.2, 0.25) is 11.8 Å². The zero-order chi connectivity index (χ0) is 18.4. The Morgan fingerprint density at radius 3 is 2.44 bits per heavy atom. The zero-order valence-electron chi connectivity index (χ0n) is 15.3. The van der Waals surface area contributed by atoms with Crippen molar-refractivity contribution in [2.45, 2.75) is 31.7 Å². The number of nitrogens with one attached hydrogen (secondary N) is 1. The molecule has 6 heteroatoms. The number of nitrogen functional groups attached to an aromatic ring is 1. The predicted octanol–water partition coefficient (Wildman–Crippen LogP) is 2.58. The van der Waals surface area contributed by atoms with Gasteiger partial charge in [-0.25, -0.2) is 0 Å². The predicted molar refractivity (Wildman–Crippen MR) is 110 cm³/mol. The number of halogens is 1.